The molecule has 1 unspecified atom stereocenters. The largest absolute Gasteiger partial charge is 0.416 e. The highest BCUT2D eigenvalue weighted by atomic mass is 32.1. The van der Waals surface area contributed by atoms with Crippen molar-refractivity contribution in [3.05, 3.63) is 64.8 Å². The van der Waals surface area contributed by atoms with Gasteiger partial charge in [-0.2, -0.15) is 13.2 Å². The van der Waals surface area contributed by atoms with Gasteiger partial charge in [0.05, 0.1) is 17.4 Å². The number of pyridine rings is 1. The second kappa shape index (κ2) is 7.52. The molecule has 4 aromatic rings. The maximum absolute atomic E-state index is 13.0. The average molecular weight is 432 g/mol. The summed E-state index contributed by atoms with van der Waals surface area (Å²) >= 11 is 1.19. The van der Waals surface area contributed by atoms with Crippen LogP contribution in [0.25, 0.3) is 20.4 Å². The molecule has 0 saturated carbocycles. The van der Waals surface area contributed by atoms with Crippen LogP contribution in [0.4, 0.5) is 18.9 Å². The van der Waals surface area contributed by atoms with Crippen LogP contribution >= 0.6 is 11.3 Å². The number of carbonyl (C=O) groups is 1. The summed E-state index contributed by atoms with van der Waals surface area (Å²) in [5.41, 5.74) is -0.751. The molecule has 0 aliphatic rings. The van der Waals surface area contributed by atoms with Gasteiger partial charge < -0.3 is 5.32 Å². The molecule has 0 aliphatic heterocycles. The van der Waals surface area contributed by atoms with Crippen LogP contribution in [0.1, 0.15) is 24.9 Å². The molecule has 0 radical (unpaired) electrons. The summed E-state index contributed by atoms with van der Waals surface area (Å²) in [6.07, 6.45) is -1.36. The van der Waals surface area contributed by atoms with Gasteiger partial charge in [0.2, 0.25) is 5.91 Å². The van der Waals surface area contributed by atoms with Gasteiger partial charge in [0.25, 0.3) is 5.56 Å². The second-order valence-corrected chi connectivity index (χ2v) is 7.58. The molecule has 0 spiro atoms. The smallest absolute Gasteiger partial charge is 0.324 e. The standard InChI is InChI=1S/C20H15F3N4O2S/c1-2-14(17(28)26-12-6-3-5-11(9-12)20(21,22)23)27-10-25-15-13-7-4-8-24-18(13)30-16(15)19(27)29/h3-10,14H,2H2,1H3,(H,26,28). The minimum Gasteiger partial charge on any atom is -0.324 e. The van der Waals surface area contributed by atoms with Crippen molar-refractivity contribution in [1.29, 1.82) is 0 Å². The number of fused-ring (bicyclic) bond motifs is 3. The number of aromatic nitrogens is 3. The van der Waals surface area contributed by atoms with E-state index in [1.54, 1.807) is 19.2 Å². The fourth-order valence-corrected chi connectivity index (χ4v) is 4.25. The number of hydrogen-bond donors (Lipinski definition) is 1. The van der Waals surface area contributed by atoms with E-state index in [4.69, 9.17) is 0 Å². The Balaban J connectivity index is 1.69. The third-order valence-electron chi connectivity index (χ3n) is 4.66. The zero-order chi connectivity index (χ0) is 21.5. The highest BCUT2D eigenvalue weighted by Crippen LogP contribution is 2.31. The Morgan fingerprint density at radius 3 is 2.77 bits per heavy atom. The molecule has 0 bridgehead atoms. The number of halogens is 3. The van der Waals surface area contributed by atoms with Gasteiger partial charge in [-0.1, -0.05) is 13.0 Å². The van der Waals surface area contributed by atoms with Gasteiger partial charge in [-0.3, -0.25) is 14.2 Å². The van der Waals surface area contributed by atoms with E-state index in [2.05, 4.69) is 15.3 Å². The van der Waals surface area contributed by atoms with E-state index in [0.717, 1.165) is 17.5 Å². The van der Waals surface area contributed by atoms with Crippen LogP contribution in [0.3, 0.4) is 0 Å². The third kappa shape index (κ3) is 3.54. The van der Waals surface area contributed by atoms with E-state index in [1.165, 1.54) is 34.4 Å². The Labute approximate surface area is 172 Å². The highest BCUT2D eigenvalue weighted by molar-refractivity contribution is 7.25. The van der Waals surface area contributed by atoms with Gasteiger partial charge in [0, 0.05) is 17.3 Å². The van der Waals surface area contributed by atoms with Crippen molar-refractivity contribution >= 4 is 43.4 Å². The third-order valence-corrected chi connectivity index (χ3v) is 5.75. The molecule has 3 heterocycles. The molecular weight excluding hydrogens is 417 g/mol. The van der Waals surface area contributed by atoms with E-state index in [0.29, 0.717) is 15.0 Å². The number of nitrogens with one attached hydrogen (secondary N) is 1. The molecule has 1 aromatic carbocycles. The first-order valence-corrected chi connectivity index (χ1v) is 9.83. The van der Waals surface area contributed by atoms with Gasteiger partial charge in [0.1, 0.15) is 15.6 Å². The van der Waals surface area contributed by atoms with Crippen molar-refractivity contribution in [2.24, 2.45) is 0 Å². The number of nitrogens with zero attached hydrogens (tertiary/aromatic N) is 3. The van der Waals surface area contributed by atoms with Gasteiger partial charge in [0.15, 0.2) is 0 Å². The number of anilines is 1. The Morgan fingerprint density at radius 2 is 2.03 bits per heavy atom. The van der Waals surface area contributed by atoms with Crippen molar-refractivity contribution < 1.29 is 18.0 Å². The number of hydrogen-bond acceptors (Lipinski definition) is 5. The van der Waals surface area contributed by atoms with Gasteiger partial charge in [-0.25, -0.2) is 9.97 Å². The molecular formula is C20H15F3N4O2S. The lowest BCUT2D eigenvalue weighted by molar-refractivity contribution is -0.137. The van der Waals surface area contributed by atoms with Crippen molar-refractivity contribution in [1.82, 2.24) is 14.5 Å². The normalized spacial score (nSPS) is 12.9. The zero-order valence-corrected chi connectivity index (χ0v) is 16.4. The van der Waals surface area contributed by atoms with Gasteiger partial charge >= 0.3 is 6.18 Å². The molecule has 6 nitrogen and oxygen atoms in total. The van der Waals surface area contributed by atoms with Crippen LogP contribution in [0, 0.1) is 0 Å². The van der Waals surface area contributed by atoms with Gasteiger partial charge in [-0.05, 0) is 36.8 Å². The summed E-state index contributed by atoms with van der Waals surface area (Å²) in [5, 5.41) is 3.22. The first kappa shape index (κ1) is 20.0. The second-order valence-electron chi connectivity index (χ2n) is 6.58. The Bertz CT molecular complexity index is 1310. The van der Waals surface area contributed by atoms with Crippen molar-refractivity contribution in [2.75, 3.05) is 5.32 Å². The molecule has 1 atom stereocenters. The van der Waals surface area contributed by atoms with E-state index in [1.807, 2.05) is 6.07 Å². The SMILES string of the molecule is CCC(C(=O)Nc1cccc(C(F)(F)F)c1)n1cnc2c(sc3ncccc32)c1=O. The summed E-state index contributed by atoms with van der Waals surface area (Å²) in [6.45, 7) is 1.71. The van der Waals surface area contributed by atoms with Crippen LogP contribution in [-0.4, -0.2) is 20.4 Å². The predicted octanol–water partition coefficient (Wildman–Crippen LogP) is 4.61. The summed E-state index contributed by atoms with van der Waals surface area (Å²) in [7, 11) is 0. The van der Waals surface area contributed by atoms with Crippen LogP contribution in [0.2, 0.25) is 0 Å². The first-order chi connectivity index (χ1) is 14.3. The quantitative estimate of drug-likeness (QED) is 0.511. The molecule has 0 aliphatic carbocycles. The maximum atomic E-state index is 13.0. The maximum Gasteiger partial charge on any atom is 0.416 e. The summed E-state index contributed by atoms with van der Waals surface area (Å²) in [6, 6.07) is 6.99. The van der Waals surface area contributed by atoms with Crippen LogP contribution in [0.5, 0.6) is 0 Å². The predicted molar refractivity (Wildman–Crippen MR) is 109 cm³/mol. The number of benzene rings is 1. The molecule has 0 saturated heterocycles. The van der Waals surface area contributed by atoms with Crippen molar-refractivity contribution in [3.8, 4) is 0 Å². The molecule has 1 N–H and O–H groups in total. The molecule has 10 heteroatoms. The molecule has 0 fully saturated rings. The number of alkyl halides is 3. The lowest BCUT2D eigenvalue weighted by atomic mass is 10.1. The van der Waals surface area contributed by atoms with Crippen LogP contribution < -0.4 is 10.9 Å². The van der Waals surface area contributed by atoms with Crippen molar-refractivity contribution in [3.63, 3.8) is 0 Å². The molecule has 30 heavy (non-hydrogen) atoms. The molecule has 4 rings (SSSR count). The number of rotatable bonds is 4. The lowest BCUT2D eigenvalue weighted by Gasteiger charge is -2.18. The minimum absolute atomic E-state index is 0.00132. The van der Waals surface area contributed by atoms with E-state index in [9.17, 15) is 22.8 Å². The van der Waals surface area contributed by atoms with E-state index < -0.39 is 29.2 Å². The van der Waals surface area contributed by atoms with Crippen LogP contribution in [0.15, 0.2) is 53.7 Å². The Hall–Kier alpha value is -3.27. The highest BCUT2D eigenvalue weighted by Gasteiger charge is 2.31. The Morgan fingerprint density at radius 1 is 1.23 bits per heavy atom. The number of amides is 1. The Kier molecular flexibility index (Phi) is 5.02. The summed E-state index contributed by atoms with van der Waals surface area (Å²) in [5.74, 6) is -0.598. The first-order valence-electron chi connectivity index (χ1n) is 9.02. The van der Waals surface area contributed by atoms with E-state index >= 15 is 0 Å². The zero-order valence-electron chi connectivity index (χ0n) is 15.6. The summed E-state index contributed by atoms with van der Waals surface area (Å²) in [4.78, 5) is 35.0. The topological polar surface area (TPSA) is 76.9 Å². The monoisotopic (exact) mass is 432 g/mol. The van der Waals surface area contributed by atoms with Crippen LogP contribution in [-0.2, 0) is 11.0 Å². The number of carbonyl (C=O) groups excluding carboxylic acids is 1. The fourth-order valence-electron chi connectivity index (χ4n) is 3.21. The average Bonchev–Trinajstić information content (AvgIpc) is 3.09. The minimum atomic E-state index is -4.52. The summed E-state index contributed by atoms with van der Waals surface area (Å²) < 4.78 is 40.3. The van der Waals surface area contributed by atoms with E-state index in [-0.39, 0.29) is 12.1 Å². The van der Waals surface area contributed by atoms with Crippen molar-refractivity contribution in [2.45, 2.75) is 25.6 Å². The lowest BCUT2D eigenvalue weighted by Crippen LogP contribution is -2.33. The fraction of sp³-hybridized carbons (Fsp3) is 0.200. The molecule has 154 valence electrons. The molecule has 1 amide bonds. The molecule has 3 aromatic heterocycles. The van der Waals surface area contributed by atoms with Gasteiger partial charge in [-0.15, -0.1) is 11.3 Å². The number of thiophene rings is 1.